The average molecular weight is 323 g/mol. The summed E-state index contributed by atoms with van der Waals surface area (Å²) in [5.41, 5.74) is 0. The Balaban J connectivity index is 3.00. The van der Waals surface area contributed by atoms with Crippen LogP contribution < -0.4 is 4.72 Å². The summed E-state index contributed by atoms with van der Waals surface area (Å²) in [4.78, 5) is -0.661. The molecule has 0 aromatic heterocycles. The normalized spacial score (nSPS) is 15.8. The van der Waals surface area contributed by atoms with Crippen molar-refractivity contribution >= 4 is 20.2 Å². The maximum absolute atomic E-state index is 12.7. The van der Waals surface area contributed by atoms with Crippen molar-refractivity contribution in [3.8, 4) is 0 Å². The van der Waals surface area contributed by atoms with E-state index in [9.17, 15) is 20.7 Å². The summed E-state index contributed by atoms with van der Waals surface area (Å²) in [6.45, 7) is 5.63. The number of hydrogen-bond acceptors (Lipinski definition) is 4. The van der Waals surface area contributed by atoms with E-state index in [4.69, 9.17) is 0 Å². The molecule has 0 fully saturated rings. The molecule has 0 heterocycles. The highest BCUT2D eigenvalue weighted by Crippen LogP contribution is 2.17. The summed E-state index contributed by atoms with van der Waals surface area (Å²) in [7, 11) is -8.56. The van der Waals surface area contributed by atoms with Gasteiger partial charge in [-0.2, -0.15) is 8.42 Å². The van der Waals surface area contributed by atoms with Gasteiger partial charge in [-0.1, -0.05) is 20.3 Å². The second-order valence-electron chi connectivity index (χ2n) is 4.70. The molecule has 1 aromatic rings. The summed E-state index contributed by atoms with van der Waals surface area (Å²) in [6, 6.07) is 3.74. The molecular weight excluding hydrogens is 305 g/mol. The van der Waals surface area contributed by atoms with E-state index in [2.05, 4.69) is 4.72 Å². The first-order valence-electron chi connectivity index (χ1n) is 6.15. The van der Waals surface area contributed by atoms with Crippen LogP contribution in [-0.4, -0.2) is 22.9 Å². The van der Waals surface area contributed by atoms with Gasteiger partial charge in [0.2, 0.25) is 10.0 Å². The zero-order chi connectivity index (χ0) is 15.6. The summed E-state index contributed by atoms with van der Waals surface area (Å²) >= 11 is 0. The van der Waals surface area contributed by atoms with E-state index in [1.165, 1.54) is 0 Å². The molecule has 0 saturated heterocycles. The van der Waals surface area contributed by atoms with Crippen molar-refractivity contribution in [3.05, 3.63) is 24.3 Å². The van der Waals surface area contributed by atoms with E-state index < -0.39 is 25.1 Å². The van der Waals surface area contributed by atoms with Gasteiger partial charge >= 0.3 is 10.2 Å². The molecule has 0 bridgehead atoms. The third-order valence-electron chi connectivity index (χ3n) is 3.25. The highest BCUT2D eigenvalue weighted by molar-refractivity contribution is 7.89. The van der Waals surface area contributed by atoms with Crippen LogP contribution >= 0.6 is 0 Å². The molecular formula is C12H18FNO4S2. The lowest BCUT2D eigenvalue weighted by molar-refractivity contribution is 0.434. The Hall–Kier alpha value is -0.990. The van der Waals surface area contributed by atoms with Gasteiger partial charge in [-0.3, -0.25) is 0 Å². The van der Waals surface area contributed by atoms with E-state index in [1.807, 2.05) is 13.8 Å². The predicted molar refractivity (Wildman–Crippen MR) is 74.0 cm³/mol. The molecule has 114 valence electrons. The van der Waals surface area contributed by atoms with Crippen LogP contribution in [0.3, 0.4) is 0 Å². The van der Waals surface area contributed by atoms with Gasteiger partial charge < -0.3 is 0 Å². The molecule has 20 heavy (non-hydrogen) atoms. The minimum absolute atomic E-state index is 0.0972. The predicted octanol–water partition coefficient (Wildman–Crippen LogP) is 2.06. The minimum atomic E-state index is -4.82. The molecule has 0 aliphatic carbocycles. The van der Waals surface area contributed by atoms with Crippen molar-refractivity contribution < 1.29 is 20.7 Å². The maximum atomic E-state index is 12.7. The van der Waals surface area contributed by atoms with Gasteiger partial charge in [-0.15, -0.1) is 3.89 Å². The van der Waals surface area contributed by atoms with Gasteiger partial charge in [-0.05, 0) is 37.1 Å². The first-order chi connectivity index (χ1) is 9.08. The molecule has 0 radical (unpaired) electrons. The molecule has 2 atom stereocenters. The van der Waals surface area contributed by atoms with Crippen molar-refractivity contribution in [1.82, 2.24) is 4.72 Å². The van der Waals surface area contributed by atoms with Crippen LogP contribution in [0.25, 0.3) is 0 Å². The van der Waals surface area contributed by atoms with E-state index in [0.717, 1.165) is 30.7 Å². The topological polar surface area (TPSA) is 80.3 Å². The summed E-state index contributed by atoms with van der Waals surface area (Å²) in [6.07, 6.45) is 0.822. The van der Waals surface area contributed by atoms with Gasteiger partial charge in [0.15, 0.2) is 0 Å². The van der Waals surface area contributed by atoms with Gasteiger partial charge in [0, 0.05) is 6.04 Å². The smallest absolute Gasteiger partial charge is 0.208 e. The van der Waals surface area contributed by atoms with E-state index in [1.54, 1.807) is 6.92 Å². The van der Waals surface area contributed by atoms with Crippen molar-refractivity contribution in [2.75, 3.05) is 0 Å². The monoisotopic (exact) mass is 323 g/mol. The Bertz CT molecular complexity index is 653. The minimum Gasteiger partial charge on any atom is -0.208 e. The lowest BCUT2D eigenvalue weighted by Crippen LogP contribution is -2.36. The lowest BCUT2D eigenvalue weighted by atomic mass is 10.0. The maximum Gasteiger partial charge on any atom is 0.332 e. The molecule has 0 aliphatic heterocycles. The standard InChI is InChI=1S/C12H18FNO4S2/c1-4-9(2)10(3)14-20(17,18)12-7-5-11(6-8-12)19(13,15)16/h5-10,14H,4H2,1-3H3. The molecule has 0 amide bonds. The number of halogens is 1. The third kappa shape index (κ3) is 4.26. The number of hydrogen-bond donors (Lipinski definition) is 1. The fourth-order valence-electron chi connectivity index (χ4n) is 1.56. The quantitative estimate of drug-likeness (QED) is 0.813. The SMILES string of the molecule is CCC(C)C(C)NS(=O)(=O)c1ccc(S(=O)(=O)F)cc1. The Morgan fingerprint density at radius 1 is 1.05 bits per heavy atom. The second-order valence-corrected chi connectivity index (χ2v) is 7.77. The fourth-order valence-corrected chi connectivity index (χ4v) is 3.38. The van der Waals surface area contributed by atoms with Crippen LogP contribution in [0.1, 0.15) is 27.2 Å². The summed E-state index contributed by atoms with van der Waals surface area (Å²) in [5, 5.41) is 0. The van der Waals surface area contributed by atoms with Crippen LogP contribution in [0.15, 0.2) is 34.1 Å². The second kappa shape index (κ2) is 6.19. The van der Waals surface area contributed by atoms with E-state index in [-0.39, 0.29) is 16.9 Å². The zero-order valence-electron chi connectivity index (χ0n) is 11.5. The van der Waals surface area contributed by atoms with Crippen molar-refractivity contribution in [2.45, 2.75) is 43.0 Å². The van der Waals surface area contributed by atoms with Crippen molar-refractivity contribution in [1.29, 1.82) is 0 Å². The molecule has 0 spiro atoms. The Morgan fingerprint density at radius 2 is 1.50 bits per heavy atom. The molecule has 0 saturated carbocycles. The van der Waals surface area contributed by atoms with Crippen LogP contribution in [0.5, 0.6) is 0 Å². The molecule has 2 unspecified atom stereocenters. The highest BCUT2D eigenvalue weighted by Gasteiger charge is 2.21. The number of sulfonamides is 1. The largest absolute Gasteiger partial charge is 0.332 e. The number of rotatable bonds is 6. The third-order valence-corrected chi connectivity index (χ3v) is 5.66. The molecule has 8 heteroatoms. The van der Waals surface area contributed by atoms with Gasteiger partial charge in [0.1, 0.15) is 0 Å². The van der Waals surface area contributed by atoms with Crippen LogP contribution in [0.4, 0.5) is 3.89 Å². The van der Waals surface area contributed by atoms with Gasteiger partial charge in [0.25, 0.3) is 0 Å². The van der Waals surface area contributed by atoms with Crippen molar-refractivity contribution in [3.63, 3.8) is 0 Å². The number of nitrogens with one attached hydrogen (secondary N) is 1. The summed E-state index contributed by atoms with van der Waals surface area (Å²) in [5.74, 6) is 0.162. The van der Waals surface area contributed by atoms with Gasteiger partial charge in [-0.25, -0.2) is 13.1 Å². The van der Waals surface area contributed by atoms with Crippen LogP contribution in [0.2, 0.25) is 0 Å². The van der Waals surface area contributed by atoms with E-state index in [0.29, 0.717) is 0 Å². The van der Waals surface area contributed by atoms with Crippen LogP contribution in [0, 0.1) is 5.92 Å². The fraction of sp³-hybridized carbons (Fsp3) is 0.500. The van der Waals surface area contributed by atoms with Crippen LogP contribution in [-0.2, 0) is 20.2 Å². The Labute approximate surface area is 119 Å². The molecule has 5 nitrogen and oxygen atoms in total. The first-order valence-corrected chi connectivity index (χ1v) is 9.01. The number of benzene rings is 1. The van der Waals surface area contributed by atoms with Crippen molar-refractivity contribution in [2.24, 2.45) is 5.92 Å². The molecule has 1 rings (SSSR count). The molecule has 1 aromatic carbocycles. The molecule has 1 N–H and O–H groups in total. The average Bonchev–Trinajstić information content (AvgIpc) is 2.36. The first kappa shape index (κ1) is 17.1. The lowest BCUT2D eigenvalue weighted by Gasteiger charge is -2.19. The van der Waals surface area contributed by atoms with Gasteiger partial charge in [0.05, 0.1) is 9.79 Å². The van der Waals surface area contributed by atoms with E-state index >= 15 is 0 Å². The Morgan fingerprint density at radius 3 is 1.90 bits per heavy atom. The zero-order valence-corrected chi connectivity index (χ0v) is 13.1. The highest BCUT2D eigenvalue weighted by atomic mass is 32.3. The molecule has 0 aliphatic rings. The Kier molecular flexibility index (Phi) is 5.28. The summed E-state index contributed by atoms with van der Waals surface area (Å²) < 4.78 is 60.7.